The second kappa shape index (κ2) is 7.48. The number of hydrogen-bond donors (Lipinski definition) is 2. The number of aromatic carboxylic acids is 1. The van der Waals surface area contributed by atoms with Gasteiger partial charge in [0.05, 0.1) is 32.2 Å². The standard InChI is InChI=1S/C21H18N4O6/c1-29-17-9-13-12(19(30-2)20(17)31-3)8-14(24-23-13)18(26)10-4-5-15-11(6-10)7-16(21(27)28)25(15)22/h4-9H,22H2,1-3H3,(H,27,28). The van der Waals surface area contributed by atoms with Crippen LogP contribution in [0.25, 0.3) is 21.8 Å². The molecule has 0 aliphatic carbocycles. The summed E-state index contributed by atoms with van der Waals surface area (Å²) in [6.45, 7) is 0. The molecule has 3 N–H and O–H groups in total. The van der Waals surface area contributed by atoms with Crippen molar-refractivity contribution in [3.63, 3.8) is 0 Å². The van der Waals surface area contributed by atoms with Crippen LogP contribution in [0, 0.1) is 0 Å². The number of rotatable bonds is 6. The first-order chi connectivity index (χ1) is 14.9. The van der Waals surface area contributed by atoms with Crippen LogP contribution in [0.1, 0.15) is 26.5 Å². The summed E-state index contributed by atoms with van der Waals surface area (Å²) in [5, 5.41) is 18.5. The first kappa shape index (κ1) is 20.0. The van der Waals surface area contributed by atoms with Crippen molar-refractivity contribution in [3.8, 4) is 17.2 Å². The maximum absolute atomic E-state index is 13.1. The summed E-state index contributed by atoms with van der Waals surface area (Å²) in [5.74, 6) is 5.41. The first-order valence-corrected chi connectivity index (χ1v) is 9.04. The number of nitrogens with zero attached hydrogens (tertiary/aromatic N) is 3. The van der Waals surface area contributed by atoms with Crippen LogP contribution in [-0.2, 0) is 0 Å². The smallest absolute Gasteiger partial charge is 0.354 e. The summed E-state index contributed by atoms with van der Waals surface area (Å²) >= 11 is 0. The number of aromatic nitrogens is 3. The molecule has 0 atom stereocenters. The molecular formula is C21H18N4O6. The van der Waals surface area contributed by atoms with Gasteiger partial charge >= 0.3 is 5.97 Å². The lowest BCUT2D eigenvalue weighted by atomic mass is 10.0. The topological polar surface area (TPSA) is 139 Å². The Balaban J connectivity index is 1.83. The summed E-state index contributed by atoms with van der Waals surface area (Å²) in [6.07, 6.45) is 0. The van der Waals surface area contributed by atoms with E-state index in [-0.39, 0.29) is 11.4 Å². The minimum absolute atomic E-state index is 0.0861. The molecule has 158 valence electrons. The number of ketones is 1. The van der Waals surface area contributed by atoms with Crippen molar-refractivity contribution in [1.82, 2.24) is 14.9 Å². The average Bonchev–Trinajstić information content (AvgIpc) is 3.12. The molecule has 4 aromatic rings. The minimum atomic E-state index is -1.16. The lowest BCUT2D eigenvalue weighted by molar-refractivity contribution is 0.0687. The van der Waals surface area contributed by atoms with Crippen LogP contribution < -0.4 is 20.1 Å². The van der Waals surface area contributed by atoms with Crippen molar-refractivity contribution in [2.75, 3.05) is 27.2 Å². The molecule has 0 fully saturated rings. The fraction of sp³-hybridized carbons (Fsp3) is 0.143. The molecule has 0 spiro atoms. The molecule has 31 heavy (non-hydrogen) atoms. The number of carbonyl (C=O) groups is 2. The number of ether oxygens (including phenoxy) is 3. The van der Waals surface area contributed by atoms with Crippen molar-refractivity contribution in [2.24, 2.45) is 0 Å². The molecule has 10 nitrogen and oxygen atoms in total. The Labute approximate surface area is 175 Å². The third-order valence-electron chi connectivity index (χ3n) is 4.95. The molecule has 0 saturated carbocycles. The summed E-state index contributed by atoms with van der Waals surface area (Å²) in [4.78, 5) is 24.4. The van der Waals surface area contributed by atoms with E-state index < -0.39 is 11.8 Å². The number of fused-ring (bicyclic) bond motifs is 2. The van der Waals surface area contributed by atoms with Gasteiger partial charge in [0.25, 0.3) is 0 Å². The molecule has 0 saturated heterocycles. The van der Waals surface area contributed by atoms with E-state index in [1.807, 2.05) is 0 Å². The van der Waals surface area contributed by atoms with Crippen molar-refractivity contribution >= 4 is 33.6 Å². The van der Waals surface area contributed by atoms with Gasteiger partial charge in [-0.3, -0.25) is 9.47 Å². The normalized spacial score (nSPS) is 10.9. The number of nitrogens with two attached hydrogens (primary N) is 1. The highest BCUT2D eigenvalue weighted by Gasteiger charge is 2.21. The highest BCUT2D eigenvalue weighted by atomic mass is 16.5. The van der Waals surface area contributed by atoms with Crippen LogP contribution in [0.4, 0.5) is 0 Å². The molecule has 10 heteroatoms. The predicted molar refractivity (Wildman–Crippen MR) is 112 cm³/mol. The highest BCUT2D eigenvalue weighted by Crippen LogP contribution is 2.42. The van der Waals surface area contributed by atoms with E-state index in [0.717, 1.165) is 4.68 Å². The van der Waals surface area contributed by atoms with E-state index in [4.69, 9.17) is 20.1 Å². The Bertz CT molecular complexity index is 1360. The van der Waals surface area contributed by atoms with E-state index in [0.29, 0.717) is 44.6 Å². The molecule has 4 rings (SSSR count). The quantitative estimate of drug-likeness (QED) is 0.354. The van der Waals surface area contributed by atoms with Crippen LogP contribution in [-0.4, -0.2) is 53.1 Å². The molecule has 0 radical (unpaired) electrons. The van der Waals surface area contributed by atoms with Gasteiger partial charge in [-0.2, -0.15) is 0 Å². The number of methoxy groups -OCH3 is 3. The van der Waals surface area contributed by atoms with E-state index in [2.05, 4.69) is 10.2 Å². The highest BCUT2D eigenvalue weighted by molar-refractivity contribution is 6.11. The van der Waals surface area contributed by atoms with Crippen LogP contribution in [0.15, 0.2) is 36.4 Å². The van der Waals surface area contributed by atoms with Gasteiger partial charge in [0, 0.05) is 17.0 Å². The van der Waals surface area contributed by atoms with Crippen molar-refractivity contribution in [2.45, 2.75) is 0 Å². The average molecular weight is 422 g/mol. The SMILES string of the molecule is COc1cc2nnc(C(=O)c3ccc4c(c3)cc(C(=O)O)n4N)cc2c(OC)c1OC. The summed E-state index contributed by atoms with van der Waals surface area (Å²) in [6, 6.07) is 9.30. The van der Waals surface area contributed by atoms with Gasteiger partial charge in [-0.15, -0.1) is 10.2 Å². The van der Waals surface area contributed by atoms with E-state index >= 15 is 0 Å². The van der Waals surface area contributed by atoms with Crippen LogP contribution in [0.5, 0.6) is 17.2 Å². The van der Waals surface area contributed by atoms with Crippen molar-refractivity contribution in [1.29, 1.82) is 0 Å². The number of carboxylic acid groups (broad SMARTS) is 1. The monoisotopic (exact) mass is 422 g/mol. The van der Waals surface area contributed by atoms with E-state index in [9.17, 15) is 14.7 Å². The van der Waals surface area contributed by atoms with Crippen molar-refractivity contribution < 1.29 is 28.9 Å². The van der Waals surface area contributed by atoms with Gasteiger partial charge in [-0.1, -0.05) is 0 Å². The Morgan fingerprint density at radius 1 is 0.968 bits per heavy atom. The lowest BCUT2D eigenvalue weighted by Crippen LogP contribution is -2.15. The van der Waals surface area contributed by atoms with Crippen LogP contribution in [0.2, 0.25) is 0 Å². The largest absolute Gasteiger partial charge is 0.493 e. The number of nitrogen functional groups attached to an aromatic ring is 1. The fourth-order valence-electron chi connectivity index (χ4n) is 3.46. The van der Waals surface area contributed by atoms with Gasteiger partial charge < -0.3 is 25.2 Å². The van der Waals surface area contributed by atoms with E-state index in [1.165, 1.54) is 27.4 Å². The third-order valence-corrected chi connectivity index (χ3v) is 4.95. The molecule has 0 amide bonds. The summed E-state index contributed by atoms with van der Waals surface area (Å²) < 4.78 is 17.2. The zero-order chi connectivity index (χ0) is 22.3. The van der Waals surface area contributed by atoms with Crippen LogP contribution >= 0.6 is 0 Å². The number of hydrogen-bond acceptors (Lipinski definition) is 8. The van der Waals surface area contributed by atoms with Crippen LogP contribution in [0.3, 0.4) is 0 Å². The predicted octanol–water partition coefficient (Wildman–Crippen LogP) is 2.25. The molecule has 2 aromatic carbocycles. The van der Waals surface area contributed by atoms with E-state index in [1.54, 1.807) is 30.3 Å². The zero-order valence-corrected chi connectivity index (χ0v) is 16.9. The number of carbonyl (C=O) groups excluding carboxylic acids is 1. The molecule has 0 aliphatic rings. The second-order valence-electron chi connectivity index (χ2n) is 6.62. The molecule has 0 aliphatic heterocycles. The van der Waals surface area contributed by atoms with Crippen molar-refractivity contribution in [3.05, 3.63) is 53.3 Å². The van der Waals surface area contributed by atoms with Gasteiger partial charge in [0.2, 0.25) is 11.5 Å². The molecule has 2 aromatic heterocycles. The minimum Gasteiger partial charge on any atom is -0.493 e. The third kappa shape index (κ3) is 3.14. The van der Waals surface area contributed by atoms with Gasteiger partial charge in [0.15, 0.2) is 11.5 Å². The summed E-state index contributed by atoms with van der Waals surface area (Å²) in [5.41, 5.74) is 1.26. The first-order valence-electron chi connectivity index (χ1n) is 9.04. The Morgan fingerprint density at radius 2 is 1.71 bits per heavy atom. The number of carboxylic acids is 1. The maximum atomic E-state index is 13.1. The van der Waals surface area contributed by atoms with Gasteiger partial charge in [0.1, 0.15) is 16.9 Å². The van der Waals surface area contributed by atoms with Gasteiger partial charge in [-0.05, 0) is 30.3 Å². The Morgan fingerprint density at radius 3 is 2.35 bits per heavy atom. The fourth-order valence-corrected chi connectivity index (χ4v) is 3.46. The second-order valence-corrected chi connectivity index (χ2v) is 6.62. The summed E-state index contributed by atoms with van der Waals surface area (Å²) in [7, 11) is 4.45. The lowest BCUT2D eigenvalue weighted by Gasteiger charge is -2.14. The Hall–Kier alpha value is -4.34. The Kier molecular flexibility index (Phi) is 4.82. The number of benzene rings is 2. The molecule has 2 heterocycles. The molecular weight excluding hydrogens is 404 g/mol. The molecule has 0 unspecified atom stereocenters. The van der Waals surface area contributed by atoms with Gasteiger partial charge in [-0.25, -0.2) is 4.79 Å². The zero-order valence-electron chi connectivity index (χ0n) is 16.9. The molecule has 0 bridgehead atoms. The maximum Gasteiger partial charge on any atom is 0.354 e.